The van der Waals surface area contributed by atoms with E-state index in [1.807, 2.05) is 20.9 Å². The molecule has 3 N–H and O–H groups in total. The quantitative estimate of drug-likeness (QED) is 0.815. The zero-order chi connectivity index (χ0) is 13.8. The topological polar surface area (TPSA) is 82.2 Å². The van der Waals surface area contributed by atoms with Crippen molar-refractivity contribution >= 4 is 11.7 Å². The lowest BCUT2D eigenvalue weighted by Gasteiger charge is -2.60. The normalized spacial score (nSPS) is 35.6. The molecule has 104 valence electrons. The van der Waals surface area contributed by atoms with Gasteiger partial charge >= 0.3 is 0 Å². The number of carbonyl (C=O) groups is 1. The molecule has 1 amide bonds. The Labute approximate surface area is 112 Å². The van der Waals surface area contributed by atoms with Crippen molar-refractivity contribution in [2.75, 3.05) is 11.9 Å². The first-order chi connectivity index (χ1) is 8.87. The number of amides is 1. The van der Waals surface area contributed by atoms with Gasteiger partial charge in [0.15, 0.2) is 5.82 Å². The summed E-state index contributed by atoms with van der Waals surface area (Å²) < 4.78 is 7.33. The number of fused-ring (bicyclic) bond motifs is 1. The van der Waals surface area contributed by atoms with Gasteiger partial charge in [0.25, 0.3) is 0 Å². The van der Waals surface area contributed by atoms with Gasteiger partial charge in [-0.2, -0.15) is 5.10 Å². The van der Waals surface area contributed by atoms with E-state index >= 15 is 0 Å². The Morgan fingerprint density at radius 2 is 2.37 bits per heavy atom. The highest BCUT2D eigenvalue weighted by Crippen LogP contribution is 2.58. The van der Waals surface area contributed by atoms with E-state index in [9.17, 15) is 4.79 Å². The Bertz CT molecular complexity index is 524. The molecule has 0 spiro atoms. The Hall–Kier alpha value is -1.40. The molecule has 3 atom stereocenters. The van der Waals surface area contributed by atoms with Gasteiger partial charge in [-0.1, -0.05) is 13.8 Å². The molecule has 3 unspecified atom stereocenters. The zero-order valence-corrected chi connectivity index (χ0v) is 11.5. The van der Waals surface area contributed by atoms with Gasteiger partial charge in [-0.3, -0.25) is 9.48 Å². The number of aromatic nitrogens is 2. The molecule has 1 aliphatic heterocycles. The molecule has 2 fully saturated rings. The van der Waals surface area contributed by atoms with Crippen molar-refractivity contribution in [3.05, 3.63) is 12.3 Å². The molecule has 1 saturated carbocycles. The van der Waals surface area contributed by atoms with Crippen LogP contribution in [0.25, 0.3) is 0 Å². The minimum atomic E-state index is -0.883. The van der Waals surface area contributed by atoms with Crippen molar-refractivity contribution in [3.8, 4) is 0 Å². The van der Waals surface area contributed by atoms with E-state index in [4.69, 9.17) is 10.5 Å². The predicted octanol–water partition coefficient (Wildman–Crippen LogP) is 0.501. The first-order valence-electron chi connectivity index (χ1n) is 6.59. The second-order valence-electron chi connectivity index (χ2n) is 6.11. The number of nitrogens with zero attached hydrogens (tertiary/aromatic N) is 2. The fourth-order valence-corrected chi connectivity index (χ4v) is 3.55. The zero-order valence-electron chi connectivity index (χ0n) is 11.5. The van der Waals surface area contributed by atoms with Gasteiger partial charge < -0.3 is 15.8 Å². The van der Waals surface area contributed by atoms with E-state index in [0.717, 1.165) is 6.42 Å². The number of rotatable bonds is 2. The summed E-state index contributed by atoms with van der Waals surface area (Å²) in [5, 5.41) is 6.98. The maximum absolute atomic E-state index is 12.5. The predicted molar refractivity (Wildman–Crippen MR) is 70.4 cm³/mol. The largest absolute Gasteiger partial charge is 0.377 e. The Kier molecular flexibility index (Phi) is 2.53. The highest BCUT2D eigenvalue weighted by Gasteiger charge is 2.71. The van der Waals surface area contributed by atoms with Crippen molar-refractivity contribution < 1.29 is 9.53 Å². The molecule has 0 radical (unpaired) electrons. The third-order valence-electron chi connectivity index (χ3n) is 4.78. The summed E-state index contributed by atoms with van der Waals surface area (Å²) in [6.07, 6.45) is 2.72. The fourth-order valence-electron chi connectivity index (χ4n) is 3.55. The number of hydrogen-bond acceptors (Lipinski definition) is 4. The SMILES string of the molecule is Cn1ccc(NC(=O)C2(N)C3CCOC3C2(C)C)n1. The lowest BCUT2D eigenvalue weighted by Crippen LogP contribution is -2.79. The smallest absolute Gasteiger partial charge is 0.246 e. The lowest BCUT2D eigenvalue weighted by molar-refractivity contribution is -0.170. The van der Waals surface area contributed by atoms with Crippen LogP contribution >= 0.6 is 0 Å². The number of carbonyl (C=O) groups excluding carboxylic acids is 1. The van der Waals surface area contributed by atoms with Crippen LogP contribution in [0.15, 0.2) is 12.3 Å². The van der Waals surface area contributed by atoms with E-state index in [1.165, 1.54) is 0 Å². The fraction of sp³-hybridized carbons (Fsp3) is 0.692. The minimum Gasteiger partial charge on any atom is -0.377 e. The minimum absolute atomic E-state index is 0.0898. The van der Waals surface area contributed by atoms with E-state index in [-0.39, 0.29) is 23.3 Å². The van der Waals surface area contributed by atoms with Crippen molar-refractivity contribution in [3.63, 3.8) is 0 Å². The number of nitrogens with two attached hydrogens (primary N) is 1. The lowest BCUT2D eigenvalue weighted by atomic mass is 9.48. The Balaban J connectivity index is 1.82. The molecule has 1 saturated heterocycles. The molecule has 3 rings (SSSR count). The molecule has 2 heterocycles. The third kappa shape index (κ3) is 1.50. The van der Waals surface area contributed by atoms with Gasteiger partial charge in [0.2, 0.25) is 5.91 Å². The van der Waals surface area contributed by atoms with Gasteiger partial charge in [0, 0.05) is 37.3 Å². The van der Waals surface area contributed by atoms with Crippen molar-refractivity contribution in [2.45, 2.75) is 31.9 Å². The first kappa shape index (κ1) is 12.6. The summed E-state index contributed by atoms with van der Waals surface area (Å²) in [4.78, 5) is 12.5. The van der Waals surface area contributed by atoms with Crippen molar-refractivity contribution in [1.29, 1.82) is 0 Å². The molecule has 0 aromatic carbocycles. The Morgan fingerprint density at radius 1 is 1.63 bits per heavy atom. The first-order valence-corrected chi connectivity index (χ1v) is 6.59. The molecule has 2 aliphatic rings. The van der Waals surface area contributed by atoms with Crippen LogP contribution < -0.4 is 11.1 Å². The van der Waals surface area contributed by atoms with Crippen molar-refractivity contribution in [2.24, 2.45) is 24.1 Å². The summed E-state index contributed by atoms with van der Waals surface area (Å²) in [7, 11) is 1.81. The second kappa shape index (κ2) is 3.80. The third-order valence-corrected chi connectivity index (χ3v) is 4.78. The molecule has 19 heavy (non-hydrogen) atoms. The number of anilines is 1. The van der Waals surface area contributed by atoms with Crippen LogP contribution in [-0.4, -0.2) is 33.9 Å². The van der Waals surface area contributed by atoms with Crippen LogP contribution in [-0.2, 0) is 16.6 Å². The monoisotopic (exact) mass is 264 g/mol. The molecule has 6 heteroatoms. The van der Waals surface area contributed by atoms with Crippen LogP contribution in [0.3, 0.4) is 0 Å². The number of nitrogens with one attached hydrogen (secondary N) is 1. The molecule has 1 aromatic rings. The van der Waals surface area contributed by atoms with Gasteiger partial charge in [-0.05, 0) is 6.42 Å². The van der Waals surface area contributed by atoms with Crippen LogP contribution in [0.1, 0.15) is 20.3 Å². The molecular formula is C13H20N4O2. The van der Waals surface area contributed by atoms with Crippen molar-refractivity contribution in [1.82, 2.24) is 9.78 Å². The number of aryl methyl sites for hydroxylation is 1. The maximum atomic E-state index is 12.5. The average molecular weight is 264 g/mol. The Morgan fingerprint density at radius 3 is 3.00 bits per heavy atom. The standard InChI is InChI=1S/C13H20N4O2/c1-12(2)10-8(5-7-19-10)13(12,14)11(18)15-9-4-6-17(3)16-9/h4,6,8,10H,5,7,14H2,1-3H3,(H,15,16,18). The van der Waals surface area contributed by atoms with E-state index in [2.05, 4.69) is 10.4 Å². The van der Waals surface area contributed by atoms with Gasteiger partial charge in [0.05, 0.1) is 6.10 Å². The van der Waals surface area contributed by atoms with Crippen LogP contribution in [0.4, 0.5) is 5.82 Å². The van der Waals surface area contributed by atoms with Gasteiger partial charge in [-0.25, -0.2) is 0 Å². The highest BCUT2D eigenvalue weighted by atomic mass is 16.5. The van der Waals surface area contributed by atoms with Gasteiger partial charge in [0.1, 0.15) is 5.54 Å². The van der Waals surface area contributed by atoms with Gasteiger partial charge in [-0.15, -0.1) is 0 Å². The molecule has 1 aromatic heterocycles. The molecule has 0 bridgehead atoms. The molecule has 1 aliphatic carbocycles. The highest BCUT2D eigenvalue weighted by molar-refractivity contribution is 5.99. The van der Waals surface area contributed by atoms with Crippen LogP contribution in [0.2, 0.25) is 0 Å². The van der Waals surface area contributed by atoms with Crippen LogP contribution in [0, 0.1) is 11.3 Å². The van der Waals surface area contributed by atoms with E-state index < -0.39 is 5.54 Å². The second-order valence-corrected chi connectivity index (χ2v) is 6.11. The number of ether oxygens (including phenoxy) is 1. The summed E-state index contributed by atoms with van der Waals surface area (Å²) in [5.74, 6) is 0.477. The van der Waals surface area contributed by atoms with E-state index in [0.29, 0.717) is 12.4 Å². The summed E-state index contributed by atoms with van der Waals surface area (Å²) in [6, 6.07) is 1.76. The molecule has 6 nitrogen and oxygen atoms in total. The summed E-state index contributed by atoms with van der Waals surface area (Å²) >= 11 is 0. The molecular weight excluding hydrogens is 244 g/mol. The summed E-state index contributed by atoms with van der Waals surface area (Å²) in [6.45, 7) is 4.68. The van der Waals surface area contributed by atoms with E-state index in [1.54, 1.807) is 16.9 Å². The average Bonchev–Trinajstić information content (AvgIpc) is 2.96. The summed E-state index contributed by atoms with van der Waals surface area (Å²) in [5.41, 5.74) is 5.20. The van der Waals surface area contributed by atoms with Crippen LogP contribution in [0.5, 0.6) is 0 Å². The number of hydrogen-bond donors (Lipinski definition) is 2. The maximum Gasteiger partial charge on any atom is 0.246 e.